The van der Waals surface area contributed by atoms with Gasteiger partial charge in [-0.15, -0.1) is 0 Å². The van der Waals surface area contributed by atoms with Gasteiger partial charge in [-0.3, -0.25) is 0 Å². The molecule has 0 aromatic heterocycles. The van der Waals surface area contributed by atoms with Crippen molar-refractivity contribution >= 4 is 0 Å². The van der Waals surface area contributed by atoms with Gasteiger partial charge in [0, 0.05) is 6.92 Å². The molecule has 2 heteroatoms. The predicted octanol–water partition coefficient (Wildman–Crippen LogP) is 2.12. The number of epoxide rings is 1. The SMILES string of the molecule is Cc1ccccc1OC1(C)CO1. The van der Waals surface area contributed by atoms with Gasteiger partial charge < -0.3 is 9.47 Å². The van der Waals surface area contributed by atoms with Crippen LogP contribution in [0.5, 0.6) is 5.75 Å². The molecular formula is C10H12O2. The number of aryl methyl sites for hydroxylation is 1. The fraction of sp³-hybridized carbons (Fsp3) is 0.400. The Balaban J connectivity index is 2.17. The van der Waals surface area contributed by atoms with Gasteiger partial charge in [0.15, 0.2) is 0 Å². The third-order valence-electron chi connectivity index (χ3n) is 1.97. The lowest BCUT2D eigenvalue weighted by Gasteiger charge is -2.11. The second kappa shape index (κ2) is 2.49. The number of benzene rings is 1. The lowest BCUT2D eigenvalue weighted by molar-refractivity contribution is 0.0795. The van der Waals surface area contributed by atoms with Gasteiger partial charge in [-0.25, -0.2) is 0 Å². The summed E-state index contributed by atoms with van der Waals surface area (Å²) in [6.45, 7) is 4.67. The lowest BCUT2D eigenvalue weighted by atomic mass is 10.2. The van der Waals surface area contributed by atoms with Crippen LogP contribution in [-0.2, 0) is 4.74 Å². The number of rotatable bonds is 2. The molecule has 1 heterocycles. The molecule has 0 aliphatic carbocycles. The predicted molar refractivity (Wildman–Crippen MR) is 46.2 cm³/mol. The van der Waals surface area contributed by atoms with Gasteiger partial charge in [0.25, 0.3) is 0 Å². The molecule has 1 saturated heterocycles. The van der Waals surface area contributed by atoms with Crippen molar-refractivity contribution in [3.63, 3.8) is 0 Å². The molecule has 0 amide bonds. The third-order valence-corrected chi connectivity index (χ3v) is 1.97. The van der Waals surface area contributed by atoms with Crippen LogP contribution in [0.15, 0.2) is 24.3 Å². The summed E-state index contributed by atoms with van der Waals surface area (Å²) < 4.78 is 10.8. The molecule has 0 bridgehead atoms. The van der Waals surface area contributed by atoms with Gasteiger partial charge in [-0.2, -0.15) is 0 Å². The molecule has 2 nitrogen and oxygen atoms in total. The maximum absolute atomic E-state index is 5.62. The Morgan fingerprint density at radius 1 is 1.42 bits per heavy atom. The molecule has 1 unspecified atom stereocenters. The zero-order chi connectivity index (χ0) is 8.60. The summed E-state index contributed by atoms with van der Waals surface area (Å²) in [6.07, 6.45) is 0. The van der Waals surface area contributed by atoms with E-state index in [4.69, 9.17) is 9.47 Å². The summed E-state index contributed by atoms with van der Waals surface area (Å²) in [4.78, 5) is 0. The van der Waals surface area contributed by atoms with Gasteiger partial charge in [0.2, 0.25) is 5.79 Å². The minimum Gasteiger partial charge on any atom is -0.460 e. The molecule has 0 saturated carbocycles. The Hall–Kier alpha value is -1.02. The minimum atomic E-state index is -0.355. The Labute approximate surface area is 72.1 Å². The molecule has 1 aromatic rings. The highest BCUT2D eigenvalue weighted by Gasteiger charge is 2.42. The van der Waals surface area contributed by atoms with Crippen LogP contribution in [0, 0.1) is 6.92 Å². The van der Waals surface area contributed by atoms with Crippen LogP contribution in [0.4, 0.5) is 0 Å². The first-order chi connectivity index (χ1) is 5.70. The van der Waals surface area contributed by atoms with Gasteiger partial charge in [0.05, 0.1) is 0 Å². The van der Waals surface area contributed by atoms with Crippen molar-refractivity contribution in [3.8, 4) is 5.75 Å². The first kappa shape index (κ1) is 7.62. The lowest BCUT2D eigenvalue weighted by Crippen LogP contribution is -2.14. The molecule has 1 fully saturated rings. The van der Waals surface area contributed by atoms with E-state index < -0.39 is 0 Å². The summed E-state index contributed by atoms with van der Waals surface area (Å²) in [5, 5.41) is 0. The summed E-state index contributed by atoms with van der Waals surface area (Å²) in [5.74, 6) is 0.559. The highest BCUT2D eigenvalue weighted by atomic mass is 16.8. The van der Waals surface area contributed by atoms with Crippen LogP contribution < -0.4 is 4.74 Å². The molecular weight excluding hydrogens is 152 g/mol. The van der Waals surface area contributed by atoms with E-state index in [-0.39, 0.29) is 5.79 Å². The zero-order valence-corrected chi connectivity index (χ0v) is 7.33. The second-order valence-electron chi connectivity index (χ2n) is 3.29. The van der Waals surface area contributed by atoms with E-state index in [0.717, 1.165) is 11.3 Å². The molecule has 0 spiro atoms. The number of hydrogen-bond acceptors (Lipinski definition) is 2. The van der Waals surface area contributed by atoms with E-state index in [2.05, 4.69) is 0 Å². The van der Waals surface area contributed by atoms with Gasteiger partial charge in [0.1, 0.15) is 12.4 Å². The molecule has 64 valence electrons. The maximum Gasteiger partial charge on any atom is 0.231 e. The quantitative estimate of drug-likeness (QED) is 0.624. The van der Waals surface area contributed by atoms with Crippen molar-refractivity contribution < 1.29 is 9.47 Å². The van der Waals surface area contributed by atoms with Crippen LogP contribution in [-0.4, -0.2) is 12.4 Å². The molecule has 1 aromatic carbocycles. The van der Waals surface area contributed by atoms with Crippen LogP contribution in [0.3, 0.4) is 0 Å². The second-order valence-corrected chi connectivity index (χ2v) is 3.29. The zero-order valence-electron chi connectivity index (χ0n) is 7.33. The molecule has 1 atom stereocenters. The fourth-order valence-electron chi connectivity index (χ4n) is 1.06. The van der Waals surface area contributed by atoms with Crippen molar-refractivity contribution in [3.05, 3.63) is 29.8 Å². The first-order valence-electron chi connectivity index (χ1n) is 4.08. The van der Waals surface area contributed by atoms with Gasteiger partial charge in [-0.05, 0) is 18.6 Å². The average molecular weight is 164 g/mol. The van der Waals surface area contributed by atoms with E-state index in [9.17, 15) is 0 Å². The highest BCUT2D eigenvalue weighted by Crippen LogP contribution is 2.31. The Morgan fingerprint density at radius 2 is 2.08 bits per heavy atom. The van der Waals surface area contributed by atoms with E-state index in [0.29, 0.717) is 6.61 Å². The van der Waals surface area contributed by atoms with Crippen LogP contribution >= 0.6 is 0 Å². The number of hydrogen-bond donors (Lipinski definition) is 0. The molecule has 0 N–H and O–H groups in total. The Morgan fingerprint density at radius 3 is 2.67 bits per heavy atom. The van der Waals surface area contributed by atoms with E-state index in [1.54, 1.807) is 0 Å². The fourth-order valence-corrected chi connectivity index (χ4v) is 1.06. The van der Waals surface area contributed by atoms with E-state index >= 15 is 0 Å². The van der Waals surface area contributed by atoms with Crippen LogP contribution in [0.25, 0.3) is 0 Å². The smallest absolute Gasteiger partial charge is 0.231 e. The van der Waals surface area contributed by atoms with E-state index in [1.807, 2.05) is 38.1 Å². The van der Waals surface area contributed by atoms with Gasteiger partial charge >= 0.3 is 0 Å². The highest BCUT2D eigenvalue weighted by molar-refractivity contribution is 5.32. The first-order valence-corrected chi connectivity index (χ1v) is 4.08. The van der Waals surface area contributed by atoms with Crippen molar-refractivity contribution in [2.24, 2.45) is 0 Å². The Kier molecular flexibility index (Phi) is 1.58. The van der Waals surface area contributed by atoms with Gasteiger partial charge in [-0.1, -0.05) is 18.2 Å². The average Bonchev–Trinajstić information content (AvgIpc) is 2.74. The molecule has 0 radical (unpaired) electrons. The summed E-state index contributed by atoms with van der Waals surface area (Å²) >= 11 is 0. The monoisotopic (exact) mass is 164 g/mol. The Bertz CT molecular complexity index is 290. The summed E-state index contributed by atoms with van der Waals surface area (Å²) in [7, 11) is 0. The van der Waals surface area contributed by atoms with Crippen molar-refractivity contribution in [1.82, 2.24) is 0 Å². The van der Waals surface area contributed by atoms with Crippen molar-refractivity contribution in [2.45, 2.75) is 19.6 Å². The topological polar surface area (TPSA) is 21.8 Å². The summed E-state index contributed by atoms with van der Waals surface area (Å²) in [5.41, 5.74) is 1.15. The molecule has 12 heavy (non-hydrogen) atoms. The third kappa shape index (κ3) is 1.43. The minimum absolute atomic E-state index is 0.355. The van der Waals surface area contributed by atoms with E-state index in [1.165, 1.54) is 0 Å². The standard InChI is InChI=1S/C10H12O2/c1-8-5-3-4-6-9(8)12-10(2)7-11-10/h3-6H,7H2,1-2H3. The molecule has 1 aliphatic heterocycles. The van der Waals surface area contributed by atoms with Crippen molar-refractivity contribution in [2.75, 3.05) is 6.61 Å². The number of para-hydroxylation sites is 1. The largest absolute Gasteiger partial charge is 0.460 e. The molecule has 1 aliphatic rings. The van der Waals surface area contributed by atoms with Crippen molar-refractivity contribution in [1.29, 1.82) is 0 Å². The maximum atomic E-state index is 5.62. The van der Waals surface area contributed by atoms with Crippen LogP contribution in [0.2, 0.25) is 0 Å². The van der Waals surface area contributed by atoms with Crippen LogP contribution in [0.1, 0.15) is 12.5 Å². The summed E-state index contributed by atoms with van der Waals surface area (Å²) in [6, 6.07) is 7.95. The normalized spacial score (nSPS) is 26.8. The molecule has 2 rings (SSSR count). The number of ether oxygens (including phenoxy) is 2.